The number of hydrogen-bond donors (Lipinski definition) is 0. The van der Waals surface area contributed by atoms with E-state index in [2.05, 4.69) is 11.3 Å². The van der Waals surface area contributed by atoms with Gasteiger partial charge in [0.05, 0.1) is 13.2 Å². The second-order valence-electron chi connectivity index (χ2n) is 3.90. The summed E-state index contributed by atoms with van der Waals surface area (Å²) in [5.74, 6) is -1.60. The van der Waals surface area contributed by atoms with Crippen molar-refractivity contribution in [3.05, 3.63) is 12.2 Å². The van der Waals surface area contributed by atoms with E-state index in [9.17, 15) is 4.79 Å². The Morgan fingerprint density at radius 3 is 2.53 bits per heavy atom. The highest BCUT2D eigenvalue weighted by atomic mass is 16.7. The zero-order chi connectivity index (χ0) is 11.6. The van der Waals surface area contributed by atoms with Gasteiger partial charge in [0.25, 0.3) is 5.79 Å². The maximum absolute atomic E-state index is 11.6. The minimum absolute atomic E-state index is 0.106. The molecule has 1 aliphatic heterocycles. The lowest BCUT2D eigenvalue weighted by Gasteiger charge is -2.40. The van der Waals surface area contributed by atoms with Crippen molar-refractivity contribution >= 4 is 5.97 Å². The third kappa shape index (κ3) is 2.06. The molecular formula is C11H18O4. The average Bonchev–Trinajstić information content (AvgIpc) is 2.24. The van der Waals surface area contributed by atoms with Crippen molar-refractivity contribution in [3.8, 4) is 0 Å². The number of carbonyl (C=O) groups is 1. The predicted molar refractivity (Wildman–Crippen MR) is 55.2 cm³/mol. The minimum atomic E-state index is -1.31. The molecule has 0 spiro atoms. The topological polar surface area (TPSA) is 44.8 Å². The summed E-state index contributed by atoms with van der Waals surface area (Å²) in [6, 6.07) is 0. The molecular weight excluding hydrogens is 196 g/mol. The molecule has 0 aromatic carbocycles. The molecule has 3 atom stereocenters. The van der Waals surface area contributed by atoms with E-state index < -0.39 is 11.8 Å². The Kier molecular flexibility index (Phi) is 3.52. The van der Waals surface area contributed by atoms with Gasteiger partial charge in [0.15, 0.2) is 0 Å². The first-order chi connectivity index (χ1) is 6.96. The molecule has 0 unspecified atom stereocenters. The third-order valence-corrected chi connectivity index (χ3v) is 3.01. The van der Waals surface area contributed by atoms with Gasteiger partial charge in [0.2, 0.25) is 0 Å². The van der Waals surface area contributed by atoms with E-state index in [0.29, 0.717) is 6.42 Å². The van der Waals surface area contributed by atoms with Crippen molar-refractivity contribution in [1.29, 1.82) is 0 Å². The van der Waals surface area contributed by atoms with Crippen LogP contribution in [-0.4, -0.2) is 32.1 Å². The predicted octanol–water partition coefficient (Wildman–Crippen LogP) is 1.50. The van der Waals surface area contributed by atoms with Crippen molar-refractivity contribution in [2.75, 3.05) is 14.2 Å². The molecule has 4 nitrogen and oxygen atoms in total. The number of methoxy groups -OCH3 is 2. The van der Waals surface area contributed by atoms with Crippen LogP contribution in [0.15, 0.2) is 12.2 Å². The molecule has 0 amide bonds. The fourth-order valence-corrected chi connectivity index (χ4v) is 1.72. The molecule has 15 heavy (non-hydrogen) atoms. The Hall–Kier alpha value is -0.870. The van der Waals surface area contributed by atoms with Crippen molar-refractivity contribution < 1.29 is 19.0 Å². The molecule has 4 heteroatoms. The maximum Gasteiger partial charge on any atom is 0.366 e. The van der Waals surface area contributed by atoms with Crippen LogP contribution in [0.4, 0.5) is 0 Å². The van der Waals surface area contributed by atoms with E-state index in [1.54, 1.807) is 0 Å². The number of esters is 1. The minimum Gasteiger partial charge on any atom is -0.465 e. The second-order valence-corrected chi connectivity index (χ2v) is 3.90. The Balaban J connectivity index is 2.93. The summed E-state index contributed by atoms with van der Waals surface area (Å²) in [4.78, 5) is 11.6. The van der Waals surface area contributed by atoms with Crippen LogP contribution in [0, 0.1) is 5.92 Å². The lowest BCUT2D eigenvalue weighted by Crippen LogP contribution is -2.51. The molecule has 86 valence electrons. The number of hydrogen-bond acceptors (Lipinski definition) is 4. The van der Waals surface area contributed by atoms with Crippen LogP contribution >= 0.6 is 0 Å². The summed E-state index contributed by atoms with van der Waals surface area (Å²) < 4.78 is 15.4. The van der Waals surface area contributed by atoms with Crippen LogP contribution in [0.2, 0.25) is 0 Å². The summed E-state index contributed by atoms with van der Waals surface area (Å²) in [6.07, 6.45) is 0.243. The number of rotatable bonds is 2. The lowest BCUT2D eigenvalue weighted by molar-refractivity contribution is -0.264. The summed E-state index contributed by atoms with van der Waals surface area (Å²) in [6.45, 7) is 7.85. The van der Waals surface area contributed by atoms with Crippen LogP contribution in [-0.2, 0) is 19.0 Å². The molecule has 0 N–H and O–H groups in total. The zero-order valence-corrected chi connectivity index (χ0v) is 9.70. The van der Waals surface area contributed by atoms with Gasteiger partial charge in [-0.25, -0.2) is 4.79 Å². The van der Waals surface area contributed by atoms with Crippen LogP contribution in [0.3, 0.4) is 0 Å². The van der Waals surface area contributed by atoms with Crippen LogP contribution < -0.4 is 0 Å². The molecule has 1 aliphatic rings. The molecule has 0 radical (unpaired) electrons. The molecule has 0 aromatic heterocycles. The van der Waals surface area contributed by atoms with Crippen molar-refractivity contribution in [2.24, 2.45) is 5.92 Å². The Labute approximate surface area is 90.2 Å². The molecule has 1 heterocycles. The number of carbonyl (C=O) groups excluding carboxylic acids is 1. The van der Waals surface area contributed by atoms with Gasteiger partial charge in [-0.2, -0.15) is 0 Å². The van der Waals surface area contributed by atoms with E-state index in [-0.39, 0.29) is 12.0 Å². The molecule has 0 bridgehead atoms. The van der Waals surface area contributed by atoms with E-state index >= 15 is 0 Å². The standard InChI is InChI=1S/C11H18O4/c1-7-6-11(14-5,10(12)13-4)15-9(3)8(7)2/h8-9H,1,6H2,2-5H3/t8-,9-,11-/m0/s1. The fraction of sp³-hybridized carbons (Fsp3) is 0.727. The van der Waals surface area contributed by atoms with Gasteiger partial charge in [-0.1, -0.05) is 19.1 Å². The lowest BCUT2D eigenvalue weighted by atomic mass is 9.88. The summed E-state index contributed by atoms with van der Waals surface area (Å²) in [5.41, 5.74) is 0.945. The Bertz CT molecular complexity index is 274. The van der Waals surface area contributed by atoms with Gasteiger partial charge in [-0.05, 0) is 6.92 Å². The quantitative estimate of drug-likeness (QED) is 0.516. The van der Waals surface area contributed by atoms with Gasteiger partial charge in [0.1, 0.15) is 0 Å². The van der Waals surface area contributed by atoms with Gasteiger partial charge < -0.3 is 14.2 Å². The van der Waals surface area contributed by atoms with Crippen LogP contribution in [0.1, 0.15) is 20.3 Å². The molecule has 1 saturated heterocycles. The highest BCUT2D eigenvalue weighted by Gasteiger charge is 2.48. The zero-order valence-electron chi connectivity index (χ0n) is 9.70. The maximum atomic E-state index is 11.6. The summed E-state index contributed by atoms with van der Waals surface area (Å²) in [7, 11) is 2.75. The first-order valence-corrected chi connectivity index (χ1v) is 4.96. The van der Waals surface area contributed by atoms with E-state index in [0.717, 1.165) is 5.57 Å². The SMILES string of the molecule is C=C1C[C@@](OC)(C(=O)OC)O[C@@H](C)[C@H]1C. The molecule has 0 aromatic rings. The summed E-state index contributed by atoms with van der Waals surface area (Å²) in [5, 5.41) is 0. The summed E-state index contributed by atoms with van der Waals surface area (Å²) >= 11 is 0. The van der Waals surface area contributed by atoms with E-state index in [1.165, 1.54) is 14.2 Å². The van der Waals surface area contributed by atoms with Crippen molar-refractivity contribution in [1.82, 2.24) is 0 Å². The smallest absolute Gasteiger partial charge is 0.366 e. The Morgan fingerprint density at radius 1 is 1.53 bits per heavy atom. The van der Waals surface area contributed by atoms with Gasteiger partial charge in [0, 0.05) is 19.4 Å². The second kappa shape index (κ2) is 4.33. The van der Waals surface area contributed by atoms with Crippen molar-refractivity contribution in [3.63, 3.8) is 0 Å². The largest absolute Gasteiger partial charge is 0.465 e. The normalized spacial score (nSPS) is 36.4. The van der Waals surface area contributed by atoms with Crippen molar-refractivity contribution in [2.45, 2.75) is 32.2 Å². The Morgan fingerprint density at radius 2 is 2.13 bits per heavy atom. The van der Waals surface area contributed by atoms with Gasteiger partial charge in [-0.3, -0.25) is 0 Å². The highest BCUT2D eigenvalue weighted by Crippen LogP contribution is 2.36. The molecule has 0 aliphatic carbocycles. The first-order valence-electron chi connectivity index (χ1n) is 4.96. The van der Waals surface area contributed by atoms with Gasteiger partial charge in [-0.15, -0.1) is 0 Å². The van der Waals surface area contributed by atoms with Gasteiger partial charge >= 0.3 is 5.97 Å². The van der Waals surface area contributed by atoms with E-state index in [1.807, 2.05) is 13.8 Å². The van der Waals surface area contributed by atoms with E-state index in [4.69, 9.17) is 9.47 Å². The highest BCUT2D eigenvalue weighted by molar-refractivity contribution is 5.78. The fourth-order valence-electron chi connectivity index (χ4n) is 1.72. The average molecular weight is 214 g/mol. The number of ether oxygens (including phenoxy) is 3. The molecule has 0 saturated carbocycles. The molecule has 1 fully saturated rings. The monoisotopic (exact) mass is 214 g/mol. The first kappa shape index (κ1) is 12.2. The third-order valence-electron chi connectivity index (χ3n) is 3.01. The van der Waals surface area contributed by atoms with Crippen LogP contribution in [0.5, 0.6) is 0 Å². The van der Waals surface area contributed by atoms with Crippen LogP contribution in [0.25, 0.3) is 0 Å². The molecule has 1 rings (SSSR count).